The highest BCUT2D eigenvalue weighted by Crippen LogP contribution is 2.16. The topological polar surface area (TPSA) is 49.8 Å². The molecule has 0 radical (unpaired) electrons. The number of carbonyl (C=O) groups is 1. The highest BCUT2D eigenvalue weighted by Gasteiger charge is 2.20. The highest BCUT2D eigenvalue weighted by molar-refractivity contribution is 5.73. The lowest BCUT2D eigenvalue weighted by Gasteiger charge is -2.26. The quantitative estimate of drug-likeness (QED) is 0.808. The Bertz CT molecular complexity index is 392. The van der Waals surface area contributed by atoms with E-state index in [0.29, 0.717) is 13.2 Å². The molecule has 1 atom stereocenters. The number of ether oxygens (including phenoxy) is 1. The van der Waals surface area contributed by atoms with Crippen LogP contribution in [0.25, 0.3) is 0 Å². The molecule has 0 aromatic heterocycles. The maximum atomic E-state index is 11.1. The molecular formula is C14H21NO3. The summed E-state index contributed by atoms with van der Waals surface area (Å²) in [7, 11) is 0. The summed E-state index contributed by atoms with van der Waals surface area (Å²) in [6, 6.07) is 8.04. The monoisotopic (exact) mass is 251 g/mol. The van der Waals surface area contributed by atoms with Crippen LogP contribution in [0.1, 0.15) is 19.4 Å². The van der Waals surface area contributed by atoms with E-state index in [1.54, 1.807) is 6.92 Å². The van der Waals surface area contributed by atoms with Crippen LogP contribution in [0.5, 0.6) is 0 Å². The van der Waals surface area contributed by atoms with Gasteiger partial charge in [0.25, 0.3) is 0 Å². The Morgan fingerprint density at radius 3 is 2.67 bits per heavy atom. The molecule has 0 amide bonds. The van der Waals surface area contributed by atoms with E-state index in [-0.39, 0.29) is 0 Å². The van der Waals surface area contributed by atoms with E-state index in [9.17, 15) is 4.79 Å². The number of nitrogens with zero attached hydrogens (tertiary/aromatic N) is 1. The largest absolute Gasteiger partial charge is 0.479 e. The second-order valence-electron chi connectivity index (χ2n) is 4.16. The van der Waals surface area contributed by atoms with Gasteiger partial charge < -0.3 is 14.7 Å². The molecule has 0 aliphatic rings. The molecule has 0 saturated heterocycles. The number of rotatable bonds is 7. The summed E-state index contributed by atoms with van der Waals surface area (Å²) in [5.74, 6) is -0.914. The molecule has 0 aliphatic heterocycles. The van der Waals surface area contributed by atoms with E-state index >= 15 is 0 Å². The first-order chi connectivity index (χ1) is 8.58. The lowest BCUT2D eigenvalue weighted by atomic mass is 10.2. The lowest BCUT2D eigenvalue weighted by molar-refractivity contribution is -0.149. The first kappa shape index (κ1) is 14.5. The van der Waals surface area contributed by atoms with Crippen molar-refractivity contribution in [2.24, 2.45) is 0 Å². The predicted molar refractivity (Wildman–Crippen MR) is 72.1 cm³/mol. The summed E-state index contributed by atoms with van der Waals surface area (Å²) in [6.45, 7) is 7.35. The molecule has 0 spiro atoms. The van der Waals surface area contributed by atoms with E-state index in [2.05, 4.69) is 0 Å². The number of carboxylic acid groups (broad SMARTS) is 1. The molecular weight excluding hydrogens is 230 g/mol. The average Bonchev–Trinajstić information content (AvgIpc) is 2.34. The molecule has 0 saturated carbocycles. The van der Waals surface area contributed by atoms with Crippen LogP contribution >= 0.6 is 0 Å². The van der Waals surface area contributed by atoms with Gasteiger partial charge in [-0.2, -0.15) is 0 Å². The van der Waals surface area contributed by atoms with E-state index < -0.39 is 12.1 Å². The number of hydrogen-bond donors (Lipinski definition) is 1. The summed E-state index contributed by atoms with van der Waals surface area (Å²) in [4.78, 5) is 13.1. The molecule has 100 valence electrons. The summed E-state index contributed by atoms with van der Waals surface area (Å²) >= 11 is 0. The summed E-state index contributed by atoms with van der Waals surface area (Å²) in [5, 5.41) is 9.10. The van der Waals surface area contributed by atoms with Crippen molar-refractivity contribution in [1.29, 1.82) is 0 Å². The molecule has 0 aliphatic carbocycles. The molecule has 1 aromatic rings. The number of anilines is 1. The van der Waals surface area contributed by atoms with Crippen LogP contribution in [0.2, 0.25) is 0 Å². The normalized spacial score (nSPS) is 12.2. The summed E-state index contributed by atoms with van der Waals surface area (Å²) in [5.41, 5.74) is 2.19. The van der Waals surface area contributed by atoms with Gasteiger partial charge in [0.15, 0.2) is 6.10 Å². The van der Waals surface area contributed by atoms with Crippen LogP contribution in [-0.2, 0) is 9.53 Å². The van der Waals surface area contributed by atoms with Gasteiger partial charge in [0.2, 0.25) is 0 Å². The highest BCUT2D eigenvalue weighted by atomic mass is 16.5. The molecule has 0 heterocycles. The zero-order valence-electron chi connectivity index (χ0n) is 11.2. The Balaban J connectivity index is 2.80. The Labute approximate surface area is 108 Å². The van der Waals surface area contributed by atoms with Gasteiger partial charge in [0, 0.05) is 18.8 Å². The number of hydrogen-bond acceptors (Lipinski definition) is 3. The second-order valence-corrected chi connectivity index (χ2v) is 4.16. The molecule has 0 bridgehead atoms. The van der Waals surface area contributed by atoms with Crippen molar-refractivity contribution in [3.63, 3.8) is 0 Å². The molecule has 4 heteroatoms. The van der Waals surface area contributed by atoms with Crippen LogP contribution in [0.4, 0.5) is 5.69 Å². The second kappa shape index (κ2) is 7.01. The third-order valence-corrected chi connectivity index (χ3v) is 2.78. The van der Waals surface area contributed by atoms with Gasteiger partial charge >= 0.3 is 5.97 Å². The summed E-state index contributed by atoms with van der Waals surface area (Å²) in [6.07, 6.45) is -0.782. The van der Waals surface area contributed by atoms with E-state index in [1.807, 2.05) is 43.0 Å². The fourth-order valence-electron chi connectivity index (χ4n) is 1.85. The van der Waals surface area contributed by atoms with Crippen LogP contribution in [0.15, 0.2) is 24.3 Å². The van der Waals surface area contributed by atoms with Gasteiger partial charge in [0.05, 0.1) is 6.54 Å². The first-order valence-electron chi connectivity index (χ1n) is 6.24. The standard InChI is InChI=1S/C14H21NO3/c1-4-15(10-13(14(16)17)18-5-2)12-8-6-7-11(3)9-12/h6-9,13H,4-5,10H2,1-3H3,(H,16,17). The SMILES string of the molecule is CCOC(CN(CC)c1cccc(C)c1)C(=O)O. The van der Waals surface area contributed by atoms with Gasteiger partial charge in [-0.15, -0.1) is 0 Å². The van der Waals surface area contributed by atoms with Crippen molar-refractivity contribution in [3.8, 4) is 0 Å². The Morgan fingerprint density at radius 1 is 1.44 bits per heavy atom. The van der Waals surface area contributed by atoms with Crippen LogP contribution in [-0.4, -0.2) is 36.9 Å². The van der Waals surface area contributed by atoms with Crippen LogP contribution in [0, 0.1) is 6.92 Å². The fourth-order valence-corrected chi connectivity index (χ4v) is 1.85. The van der Waals surface area contributed by atoms with Crippen molar-refractivity contribution < 1.29 is 14.6 Å². The fraction of sp³-hybridized carbons (Fsp3) is 0.500. The van der Waals surface area contributed by atoms with E-state index in [0.717, 1.165) is 17.8 Å². The average molecular weight is 251 g/mol. The molecule has 0 fully saturated rings. The van der Waals surface area contributed by atoms with Gasteiger partial charge in [0.1, 0.15) is 0 Å². The molecule has 1 N–H and O–H groups in total. The van der Waals surface area contributed by atoms with Crippen LogP contribution < -0.4 is 4.90 Å². The number of aryl methyl sites for hydroxylation is 1. The molecule has 1 rings (SSSR count). The zero-order chi connectivity index (χ0) is 13.5. The van der Waals surface area contributed by atoms with Gasteiger partial charge in [-0.1, -0.05) is 12.1 Å². The first-order valence-corrected chi connectivity index (χ1v) is 6.24. The minimum Gasteiger partial charge on any atom is -0.479 e. The number of aliphatic carboxylic acids is 1. The van der Waals surface area contributed by atoms with Gasteiger partial charge in [-0.25, -0.2) is 4.79 Å². The van der Waals surface area contributed by atoms with Crippen molar-refractivity contribution in [2.75, 3.05) is 24.6 Å². The predicted octanol–water partition coefficient (Wildman–Crippen LogP) is 2.31. The Morgan fingerprint density at radius 2 is 2.17 bits per heavy atom. The Kier molecular flexibility index (Phi) is 5.65. The maximum Gasteiger partial charge on any atom is 0.334 e. The van der Waals surface area contributed by atoms with Gasteiger partial charge in [-0.3, -0.25) is 0 Å². The third kappa shape index (κ3) is 4.04. The van der Waals surface area contributed by atoms with Crippen molar-refractivity contribution in [3.05, 3.63) is 29.8 Å². The minimum atomic E-state index is -0.914. The zero-order valence-corrected chi connectivity index (χ0v) is 11.2. The van der Waals surface area contributed by atoms with E-state index in [1.165, 1.54) is 0 Å². The smallest absolute Gasteiger partial charge is 0.334 e. The molecule has 1 unspecified atom stereocenters. The molecule has 1 aromatic carbocycles. The van der Waals surface area contributed by atoms with Crippen LogP contribution in [0.3, 0.4) is 0 Å². The van der Waals surface area contributed by atoms with Crippen molar-refractivity contribution in [1.82, 2.24) is 0 Å². The number of carboxylic acids is 1. The van der Waals surface area contributed by atoms with Gasteiger partial charge in [-0.05, 0) is 38.5 Å². The lowest BCUT2D eigenvalue weighted by Crippen LogP contribution is -2.38. The van der Waals surface area contributed by atoms with E-state index in [4.69, 9.17) is 9.84 Å². The molecule has 4 nitrogen and oxygen atoms in total. The number of likely N-dealkylation sites (N-methyl/N-ethyl adjacent to an activating group) is 1. The van der Waals surface area contributed by atoms with Crippen molar-refractivity contribution >= 4 is 11.7 Å². The Hall–Kier alpha value is -1.55. The minimum absolute atomic E-state index is 0.364. The van der Waals surface area contributed by atoms with Crippen molar-refractivity contribution in [2.45, 2.75) is 26.9 Å². The maximum absolute atomic E-state index is 11.1. The third-order valence-electron chi connectivity index (χ3n) is 2.78. The number of benzene rings is 1. The summed E-state index contributed by atoms with van der Waals surface area (Å²) < 4.78 is 5.25. The molecule has 18 heavy (non-hydrogen) atoms.